The molecule has 25 heavy (non-hydrogen) atoms. The summed E-state index contributed by atoms with van der Waals surface area (Å²) in [6.07, 6.45) is 5.91. The number of hydrogen-bond acceptors (Lipinski definition) is 3. The number of aromatic nitrogens is 3. The number of nitrogens with zero attached hydrogens (tertiary/aromatic N) is 2. The molecule has 0 amide bonds. The van der Waals surface area contributed by atoms with Crippen LogP contribution in [0.25, 0.3) is 34.2 Å². The molecule has 0 aliphatic heterocycles. The van der Waals surface area contributed by atoms with Crippen molar-refractivity contribution in [3.63, 3.8) is 0 Å². The molecule has 4 aromatic rings. The highest BCUT2D eigenvalue weighted by atomic mass is 16.5. The van der Waals surface area contributed by atoms with Crippen LogP contribution in [0.4, 0.5) is 0 Å². The molecule has 0 atom stereocenters. The normalized spacial score (nSPS) is 11.2. The zero-order chi connectivity index (χ0) is 17.1. The van der Waals surface area contributed by atoms with Crippen LogP contribution in [0.3, 0.4) is 0 Å². The number of fused-ring (bicyclic) bond motifs is 1. The lowest BCUT2D eigenvalue weighted by Crippen LogP contribution is -1.87. The van der Waals surface area contributed by atoms with Gasteiger partial charge in [-0.15, -0.1) is 0 Å². The second-order valence-electron chi connectivity index (χ2n) is 5.70. The van der Waals surface area contributed by atoms with Crippen molar-refractivity contribution in [2.45, 2.75) is 0 Å². The average Bonchev–Trinajstić information content (AvgIpc) is 3.09. The molecule has 0 saturated carbocycles. The molecule has 0 radical (unpaired) electrons. The van der Waals surface area contributed by atoms with Gasteiger partial charge < -0.3 is 4.74 Å². The van der Waals surface area contributed by atoms with Crippen LogP contribution in [0.2, 0.25) is 0 Å². The number of nitrogens with one attached hydrogen (secondary N) is 1. The number of rotatable bonds is 4. The first kappa shape index (κ1) is 15.1. The average molecular weight is 327 g/mol. The van der Waals surface area contributed by atoms with Gasteiger partial charge in [0, 0.05) is 23.2 Å². The molecule has 0 spiro atoms. The summed E-state index contributed by atoms with van der Waals surface area (Å²) in [6.45, 7) is 0. The van der Waals surface area contributed by atoms with Crippen LogP contribution in [0, 0.1) is 0 Å². The van der Waals surface area contributed by atoms with E-state index in [1.807, 2.05) is 42.6 Å². The number of methoxy groups -OCH3 is 1. The number of hydrogen-bond donors (Lipinski definition) is 1. The van der Waals surface area contributed by atoms with Crippen molar-refractivity contribution in [3.8, 4) is 17.0 Å². The molecule has 1 N–H and O–H groups in total. The molecule has 0 unspecified atom stereocenters. The largest absolute Gasteiger partial charge is 0.481 e. The Morgan fingerprint density at radius 3 is 2.52 bits per heavy atom. The van der Waals surface area contributed by atoms with E-state index in [-0.39, 0.29) is 0 Å². The predicted molar refractivity (Wildman–Crippen MR) is 101 cm³/mol. The van der Waals surface area contributed by atoms with E-state index >= 15 is 0 Å². The van der Waals surface area contributed by atoms with E-state index in [0.717, 1.165) is 33.3 Å². The molecule has 2 aromatic carbocycles. The van der Waals surface area contributed by atoms with E-state index in [1.165, 1.54) is 0 Å². The van der Waals surface area contributed by atoms with E-state index in [2.05, 4.69) is 51.6 Å². The molecule has 0 saturated heterocycles. The minimum absolute atomic E-state index is 0.611. The van der Waals surface area contributed by atoms with Gasteiger partial charge in [-0.1, -0.05) is 42.5 Å². The Labute approximate surface area is 145 Å². The molecule has 0 aliphatic carbocycles. The molecule has 4 nitrogen and oxygen atoms in total. The first-order valence-corrected chi connectivity index (χ1v) is 8.05. The van der Waals surface area contributed by atoms with Crippen molar-refractivity contribution < 1.29 is 4.74 Å². The van der Waals surface area contributed by atoms with Crippen molar-refractivity contribution in [2.24, 2.45) is 0 Å². The van der Waals surface area contributed by atoms with Gasteiger partial charge in [-0.2, -0.15) is 5.10 Å². The molecule has 2 aromatic heterocycles. The lowest BCUT2D eigenvalue weighted by atomic mass is 10.0. The van der Waals surface area contributed by atoms with Crippen LogP contribution in [-0.2, 0) is 0 Å². The molecule has 4 heteroatoms. The summed E-state index contributed by atoms with van der Waals surface area (Å²) in [5.41, 5.74) is 5.21. The van der Waals surface area contributed by atoms with Crippen molar-refractivity contribution in [1.29, 1.82) is 0 Å². The Bertz CT molecular complexity index is 1020. The minimum atomic E-state index is 0.611. The number of benzene rings is 2. The van der Waals surface area contributed by atoms with Crippen LogP contribution in [0.5, 0.6) is 5.88 Å². The molecule has 4 rings (SSSR count). The Morgan fingerprint density at radius 2 is 1.76 bits per heavy atom. The summed E-state index contributed by atoms with van der Waals surface area (Å²) < 4.78 is 5.11. The van der Waals surface area contributed by atoms with Gasteiger partial charge in [0.2, 0.25) is 5.88 Å². The van der Waals surface area contributed by atoms with E-state index < -0.39 is 0 Å². The van der Waals surface area contributed by atoms with Gasteiger partial charge in [0.05, 0.1) is 18.3 Å². The second kappa shape index (κ2) is 6.61. The van der Waals surface area contributed by atoms with Crippen LogP contribution >= 0.6 is 0 Å². The molecule has 0 bridgehead atoms. The van der Waals surface area contributed by atoms with Gasteiger partial charge in [0.25, 0.3) is 0 Å². The maximum Gasteiger partial charge on any atom is 0.212 e. The topological polar surface area (TPSA) is 50.8 Å². The second-order valence-corrected chi connectivity index (χ2v) is 5.70. The Balaban J connectivity index is 1.65. The van der Waals surface area contributed by atoms with Crippen molar-refractivity contribution in [2.75, 3.05) is 7.11 Å². The summed E-state index contributed by atoms with van der Waals surface area (Å²) in [4.78, 5) is 4.26. The van der Waals surface area contributed by atoms with Crippen molar-refractivity contribution in [3.05, 3.63) is 78.1 Å². The Hall–Kier alpha value is -3.40. The fourth-order valence-corrected chi connectivity index (χ4v) is 2.76. The Kier molecular flexibility index (Phi) is 4.01. The summed E-state index contributed by atoms with van der Waals surface area (Å²) in [5.74, 6) is 0.611. The lowest BCUT2D eigenvalue weighted by Gasteiger charge is -2.03. The third-order valence-corrected chi connectivity index (χ3v) is 4.10. The summed E-state index contributed by atoms with van der Waals surface area (Å²) in [6, 6.07) is 20.3. The van der Waals surface area contributed by atoms with Gasteiger partial charge in [-0.3, -0.25) is 5.10 Å². The summed E-state index contributed by atoms with van der Waals surface area (Å²) in [5, 5.41) is 8.63. The van der Waals surface area contributed by atoms with Gasteiger partial charge in [-0.25, -0.2) is 4.98 Å². The number of pyridine rings is 1. The molecular formula is C21H17N3O. The lowest BCUT2D eigenvalue weighted by molar-refractivity contribution is 0.398. The first-order chi connectivity index (χ1) is 12.3. The molecule has 0 fully saturated rings. The van der Waals surface area contributed by atoms with Crippen LogP contribution in [0.1, 0.15) is 11.3 Å². The van der Waals surface area contributed by atoms with Crippen molar-refractivity contribution in [1.82, 2.24) is 15.2 Å². The highest BCUT2D eigenvalue weighted by molar-refractivity contribution is 5.92. The molecule has 0 aliphatic rings. The van der Waals surface area contributed by atoms with Crippen LogP contribution in [0.15, 0.2) is 66.9 Å². The van der Waals surface area contributed by atoms with Crippen molar-refractivity contribution >= 4 is 23.1 Å². The smallest absolute Gasteiger partial charge is 0.212 e. The van der Waals surface area contributed by atoms with Gasteiger partial charge in [-0.05, 0) is 35.4 Å². The molecular weight excluding hydrogens is 310 g/mol. The zero-order valence-electron chi connectivity index (χ0n) is 13.8. The van der Waals surface area contributed by atoms with Gasteiger partial charge in [0.15, 0.2) is 0 Å². The van der Waals surface area contributed by atoms with E-state index in [4.69, 9.17) is 4.74 Å². The number of H-pyrrole nitrogens is 1. The van der Waals surface area contributed by atoms with E-state index in [0.29, 0.717) is 5.88 Å². The maximum atomic E-state index is 5.11. The molecule has 2 heterocycles. The fraction of sp³-hybridized carbons (Fsp3) is 0.0476. The highest BCUT2D eigenvalue weighted by Crippen LogP contribution is 2.26. The standard InChI is InChI=1S/C21H17N3O/c1-25-21-12-9-17(14-22-21)16-8-10-18-19(23-24-20(18)13-16)11-7-15-5-3-2-4-6-15/h2-14H,1H3,(H,23,24)/b11-7+. The monoisotopic (exact) mass is 327 g/mol. The zero-order valence-corrected chi connectivity index (χ0v) is 13.8. The minimum Gasteiger partial charge on any atom is -0.481 e. The highest BCUT2D eigenvalue weighted by Gasteiger charge is 2.06. The molecule has 122 valence electrons. The number of aromatic amines is 1. The predicted octanol–water partition coefficient (Wildman–Crippen LogP) is 4.80. The Morgan fingerprint density at radius 1 is 0.920 bits per heavy atom. The third kappa shape index (κ3) is 3.15. The van der Waals surface area contributed by atoms with Crippen LogP contribution in [-0.4, -0.2) is 22.3 Å². The first-order valence-electron chi connectivity index (χ1n) is 8.05. The maximum absolute atomic E-state index is 5.11. The third-order valence-electron chi connectivity index (χ3n) is 4.10. The van der Waals surface area contributed by atoms with Gasteiger partial charge >= 0.3 is 0 Å². The SMILES string of the molecule is COc1ccc(-c2ccc3c(/C=C/c4ccccc4)n[nH]c3c2)cn1. The van der Waals surface area contributed by atoms with Gasteiger partial charge in [0.1, 0.15) is 0 Å². The van der Waals surface area contributed by atoms with E-state index in [9.17, 15) is 0 Å². The number of ether oxygens (including phenoxy) is 1. The fourth-order valence-electron chi connectivity index (χ4n) is 2.76. The quantitative estimate of drug-likeness (QED) is 0.585. The summed E-state index contributed by atoms with van der Waals surface area (Å²) >= 11 is 0. The van der Waals surface area contributed by atoms with Crippen LogP contribution < -0.4 is 4.74 Å². The van der Waals surface area contributed by atoms with E-state index in [1.54, 1.807) is 7.11 Å². The summed E-state index contributed by atoms with van der Waals surface area (Å²) in [7, 11) is 1.61.